The molecule has 2 aromatic rings. The van der Waals surface area contributed by atoms with Crippen LogP contribution in [-0.4, -0.2) is 45.6 Å². The standard InChI is InChI=1S/C18H22N6O/c19-16-11-13-12-24(10-6-15(13)21-22-16)18(25)14-5-4-7-20-17(14)23-8-2-1-3-9-23/h4-5,7,11H,1-3,6,8-10,12H2,(H2,19,22). The third kappa shape index (κ3) is 3.14. The molecule has 7 nitrogen and oxygen atoms in total. The number of rotatable bonds is 2. The number of amides is 1. The average molecular weight is 338 g/mol. The minimum atomic E-state index is 0.0229. The van der Waals surface area contributed by atoms with Gasteiger partial charge in [0, 0.05) is 38.8 Å². The summed E-state index contributed by atoms with van der Waals surface area (Å²) in [5.41, 5.74) is 8.34. The molecule has 2 aromatic heterocycles. The van der Waals surface area contributed by atoms with E-state index >= 15 is 0 Å². The van der Waals surface area contributed by atoms with Crippen molar-refractivity contribution in [1.82, 2.24) is 20.1 Å². The second-order valence-corrected chi connectivity index (χ2v) is 6.64. The van der Waals surface area contributed by atoms with Gasteiger partial charge in [0.05, 0.1) is 11.3 Å². The third-order valence-electron chi connectivity index (χ3n) is 4.92. The zero-order valence-electron chi connectivity index (χ0n) is 14.2. The molecule has 1 amide bonds. The lowest BCUT2D eigenvalue weighted by atomic mass is 10.0. The van der Waals surface area contributed by atoms with Gasteiger partial charge < -0.3 is 15.5 Å². The SMILES string of the molecule is Nc1cc2c(nn1)CCN(C(=O)c1cccnc1N1CCCCC1)C2. The predicted molar refractivity (Wildman–Crippen MR) is 95.2 cm³/mol. The maximum absolute atomic E-state index is 13.1. The molecule has 0 saturated carbocycles. The molecule has 4 rings (SSSR count). The van der Waals surface area contributed by atoms with Crippen LogP contribution in [0.4, 0.5) is 11.6 Å². The fourth-order valence-corrected chi connectivity index (χ4v) is 3.61. The van der Waals surface area contributed by atoms with Gasteiger partial charge in [-0.2, -0.15) is 5.10 Å². The van der Waals surface area contributed by atoms with E-state index in [-0.39, 0.29) is 5.91 Å². The molecule has 0 atom stereocenters. The van der Waals surface area contributed by atoms with E-state index < -0.39 is 0 Å². The maximum Gasteiger partial charge on any atom is 0.257 e. The maximum atomic E-state index is 13.1. The molecule has 7 heteroatoms. The van der Waals surface area contributed by atoms with Crippen molar-refractivity contribution >= 4 is 17.5 Å². The van der Waals surface area contributed by atoms with Gasteiger partial charge in [-0.3, -0.25) is 4.79 Å². The molecular weight excluding hydrogens is 316 g/mol. The molecule has 0 aliphatic carbocycles. The van der Waals surface area contributed by atoms with Gasteiger partial charge in [-0.05, 0) is 43.0 Å². The van der Waals surface area contributed by atoms with Crippen LogP contribution >= 0.6 is 0 Å². The van der Waals surface area contributed by atoms with E-state index in [2.05, 4.69) is 20.1 Å². The second-order valence-electron chi connectivity index (χ2n) is 6.64. The molecule has 25 heavy (non-hydrogen) atoms. The molecule has 130 valence electrons. The molecule has 0 unspecified atom stereocenters. The predicted octanol–water partition coefficient (Wildman–Crippen LogP) is 1.64. The first-order valence-corrected chi connectivity index (χ1v) is 8.82. The Kier molecular flexibility index (Phi) is 4.21. The molecule has 0 spiro atoms. The van der Waals surface area contributed by atoms with Gasteiger partial charge in [-0.1, -0.05) is 0 Å². The molecule has 2 aliphatic heterocycles. The summed E-state index contributed by atoms with van der Waals surface area (Å²) in [4.78, 5) is 21.8. The van der Waals surface area contributed by atoms with Gasteiger partial charge in [0.1, 0.15) is 11.6 Å². The van der Waals surface area contributed by atoms with Crippen molar-refractivity contribution in [2.75, 3.05) is 30.3 Å². The number of hydrogen-bond donors (Lipinski definition) is 1. The monoisotopic (exact) mass is 338 g/mol. The van der Waals surface area contributed by atoms with Crippen LogP contribution in [0.2, 0.25) is 0 Å². The number of nitrogens with two attached hydrogens (primary N) is 1. The van der Waals surface area contributed by atoms with Gasteiger partial charge in [-0.15, -0.1) is 5.10 Å². The van der Waals surface area contributed by atoms with Crippen molar-refractivity contribution in [2.24, 2.45) is 0 Å². The van der Waals surface area contributed by atoms with Gasteiger partial charge in [0.25, 0.3) is 5.91 Å². The van der Waals surface area contributed by atoms with Gasteiger partial charge in [0.15, 0.2) is 0 Å². The number of carbonyl (C=O) groups excluding carboxylic acids is 1. The summed E-state index contributed by atoms with van der Waals surface area (Å²) in [6.07, 6.45) is 6.02. The number of pyridine rings is 1. The second kappa shape index (κ2) is 6.66. The lowest BCUT2D eigenvalue weighted by Crippen LogP contribution is -2.38. The van der Waals surface area contributed by atoms with E-state index in [9.17, 15) is 4.79 Å². The van der Waals surface area contributed by atoms with Gasteiger partial charge >= 0.3 is 0 Å². The summed E-state index contributed by atoms with van der Waals surface area (Å²) >= 11 is 0. The van der Waals surface area contributed by atoms with Crippen LogP contribution < -0.4 is 10.6 Å². The molecule has 0 bridgehead atoms. The van der Waals surface area contributed by atoms with Crippen LogP contribution in [0.5, 0.6) is 0 Å². The summed E-state index contributed by atoms with van der Waals surface area (Å²) in [6.45, 7) is 3.08. The smallest absolute Gasteiger partial charge is 0.257 e. The minimum absolute atomic E-state index is 0.0229. The minimum Gasteiger partial charge on any atom is -0.382 e. The molecule has 0 aromatic carbocycles. The lowest BCUT2D eigenvalue weighted by Gasteiger charge is -2.32. The molecule has 2 aliphatic rings. The van der Waals surface area contributed by atoms with Crippen molar-refractivity contribution in [3.8, 4) is 0 Å². The van der Waals surface area contributed by atoms with Crippen molar-refractivity contribution in [3.63, 3.8) is 0 Å². The normalized spacial score (nSPS) is 17.3. The fraction of sp³-hybridized carbons (Fsp3) is 0.444. The number of nitrogens with zero attached hydrogens (tertiary/aromatic N) is 5. The summed E-state index contributed by atoms with van der Waals surface area (Å²) in [6, 6.07) is 5.53. The Hall–Kier alpha value is -2.70. The highest BCUT2D eigenvalue weighted by atomic mass is 16.2. The van der Waals surface area contributed by atoms with Crippen LogP contribution in [0.25, 0.3) is 0 Å². The topological polar surface area (TPSA) is 88.2 Å². The summed E-state index contributed by atoms with van der Waals surface area (Å²) in [5.74, 6) is 1.23. The largest absolute Gasteiger partial charge is 0.382 e. The zero-order valence-corrected chi connectivity index (χ0v) is 14.2. The highest BCUT2D eigenvalue weighted by molar-refractivity contribution is 5.99. The number of carbonyl (C=O) groups is 1. The first-order chi connectivity index (χ1) is 12.2. The first-order valence-electron chi connectivity index (χ1n) is 8.82. The van der Waals surface area contributed by atoms with Crippen molar-refractivity contribution in [1.29, 1.82) is 0 Å². The zero-order chi connectivity index (χ0) is 17.2. The van der Waals surface area contributed by atoms with Crippen LogP contribution in [0.15, 0.2) is 24.4 Å². The van der Waals surface area contributed by atoms with Crippen molar-refractivity contribution in [3.05, 3.63) is 41.2 Å². The van der Waals surface area contributed by atoms with E-state index in [4.69, 9.17) is 5.73 Å². The summed E-state index contributed by atoms with van der Waals surface area (Å²) in [5, 5.41) is 8.05. The van der Waals surface area contributed by atoms with E-state index in [1.165, 1.54) is 6.42 Å². The molecule has 2 N–H and O–H groups in total. The van der Waals surface area contributed by atoms with E-state index in [1.807, 2.05) is 23.1 Å². The first kappa shape index (κ1) is 15.8. The Bertz CT molecular complexity index is 787. The summed E-state index contributed by atoms with van der Waals surface area (Å²) < 4.78 is 0. The van der Waals surface area contributed by atoms with E-state index in [0.29, 0.717) is 30.9 Å². The Morgan fingerprint density at radius 2 is 1.96 bits per heavy atom. The van der Waals surface area contributed by atoms with Crippen LogP contribution in [-0.2, 0) is 13.0 Å². The Labute approximate surface area is 146 Å². The third-order valence-corrected chi connectivity index (χ3v) is 4.92. The number of piperidine rings is 1. The quantitative estimate of drug-likeness (QED) is 0.895. The molecule has 1 fully saturated rings. The van der Waals surface area contributed by atoms with Crippen molar-refractivity contribution < 1.29 is 4.79 Å². The van der Waals surface area contributed by atoms with Crippen molar-refractivity contribution in [2.45, 2.75) is 32.2 Å². The highest BCUT2D eigenvalue weighted by Crippen LogP contribution is 2.25. The van der Waals surface area contributed by atoms with E-state index in [1.54, 1.807) is 6.20 Å². The molecular formula is C18H22N6O. The fourth-order valence-electron chi connectivity index (χ4n) is 3.61. The Morgan fingerprint density at radius 1 is 1.12 bits per heavy atom. The number of anilines is 2. The number of nitrogen functional groups attached to an aromatic ring is 1. The average Bonchev–Trinajstić information content (AvgIpc) is 2.67. The number of fused-ring (bicyclic) bond motifs is 1. The highest BCUT2D eigenvalue weighted by Gasteiger charge is 2.27. The lowest BCUT2D eigenvalue weighted by molar-refractivity contribution is 0.0733. The molecule has 0 radical (unpaired) electrons. The molecule has 1 saturated heterocycles. The van der Waals surface area contributed by atoms with E-state index in [0.717, 1.165) is 43.0 Å². The van der Waals surface area contributed by atoms with Crippen LogP contribution in [0.3, 0.4) is 0 Å². The van der Waals surface area contributed by atoms with Crippen LogP contribution in [0.1, 0.15) is 40.9 Å². The summed E-state index contributed by atoms with van der Waals surface area (Å²) in [7, 11) is 0. The van der Waals surface area contributed by atoms with Gasteiger partial charge in [-0.25, -0.2) is 4.98 Å². The number of hydrogen-bond acceptors (Lipinski definition) is 6. The van der Waals surface area contributed by atoms with Gasteiger partial charge in [0.2, 0.25) is 0 Å². The molecule has 4 heterocycles. The number of aromatic nitrogens is 3. The van der Waals surface area contributed by atoms with Crippen LogP contribution in [0, 0.1) is 0 Å². The Balaban J connectivity index is 1.59. The Morgan fingerprint density at radius 3 is 2.80 bits per heavy atom.